The average molecular weight is 338 g/mol. The number of rotatable bonds is 5. The molecular weight excluding hydrogens is 323 g/mol. The highest BCUT2D eigenvalue weighted by Crippen LogP contribution is 2.25. The second-order valence-corrected chi connectivity index (χ2v) is 6.54. The number of anilines is 1. The van der Waals surface area contributed by atoms with E-state index in [2.05, 4.69) is 0 Å². The van der Waals surface area contributed by atoms with Crippen LogP contribution >= 0.6 is 0 Å². The number of halogens is 1. The lowest BCUT2D eigenvalue weighted by Gasteiger charge is -2.22. The van der Waals surface area contributed by atoms with E-state index >= 15 is 0 Å². The predicted octanol–water partition coefficient (Wildman–Crippen LogP) is 1.81. The van der Waals surface area contributed by atoms with E-state index < -0.39 is 21.8 Å². The quantitative estimate of drug-likeness (QED) is 0.866. The molecule has 0 saturated heterocycles. The lowest BCUT2D eigenvalue weighted by atomic mass is 10.1. The van der Waals surface area contributed by atoms with Crippen molar-refractivity contribution in [3.05, 3.63) is 59.4 Å². The van der Waals surface area contributed by atoms with Gasteiger partial charge >= 0.3 is 5.97 Å². The molecule has 0 aliphatic heterocycles. The first-order chi connectivity index (χ1) is 10.7. The van der Waals surface area contributed by atoms with Gasteiger partial charge in [0.05, 0.1) is 16.1 Å². The molecule has 0 unspecified atom stereocenters. The summed E-state index contributed by atoms with van der Waals surface area (Å²) in [6.07, 6.45) is 0. The van der Waals surface area contributed by atoms with E-state index in [0.29, 0.717) is 5.56 Å². The molecule has 2 rings (SSSR count). The predicted molar refractivity (Wildman–Crippen MR) is 83.3 cm³/mol. The first-order valence-corrected chi connectivity index (χ1v) is 8.09. The zero-order valence-electron chi connectivity index (χ0n) is 12.2. The molecule has 0 spiro atoms. The Hall–Kier alpha value is -2.45. The minimum absolute atomic E-state index is 0.127. The second kappa shape index (κ2) is 6.35. The maximum Gasteiger partial charge on any atom is 0.337 e. The van der Waals surface area contributed by atoms with Gasteiger partial charge in [-0.05, 0) is 24.3 Å². The van der Waals surface area contributed by atoms with Crippen molar-refractivity contribution < 1.29 is 22.7 Å². The van der Waals surface area contributed by atoms with E-state index in [0.717, 1.165) is 6.07 Å². The summed E-state index contributed by atoms with van der Waals surface area (Å²) in [4.78, 5) is 12.6. The highest BCUT2D eigenvalue weighted by Gasteiger charge is 2.18. The fourth-order valence-corrected chi connectivity index (χ4v) is 2.70. The molecule has 0 aliphatic rings. The molecule has 0 aromatic heterocycles. The zero-order chi connectivity index (χ0) is 17.2. The number of hydrogen-bond acceptors (Lipinski definition) is 4. The lowest BCUT2D eigenvalue weighted by molar-refractivity contribution is 0.0697. The minimum atomic E-state index is -4.01. The Kier molecular flexibility index (Phi) is 4.67. The van der Waals surface area contributed by atoms with E-state index in [1.54, 1.807) is 25.2 Å². The molecule has 0 saturated carbocycles. The zero-order valence-corrected chi connectivity index (χ0v) is 13.0. The van der Waals surface area contributed by atoms with E-state index in [-0.39, 0.29) is 22.7 Å². The first kappa shape index (κ1) is 16.9. The number of carboxylic acids is 1. The summed E-state index contributed by atoms with van der Waals surface area (Å²) in [7, 11) is -2.42. The molecule has 0 amide bonds. The number of nitrogens with two attached hydrogens (primary N) is 1. The van der Waals surface area contributed by atoms with Crippen LogP contribution in [0.15, 0.2) is 47.4 Å². The van der Waals surface area contributed by atoms with E-state index in [9.17, 15) is 22.7 Å². The number of aromatic carboxylic acids is 1. The molecule has 6 nitrogen and oxygen atoms in total. The van der Waals surface area contributed by atoms with Gasteiger partial charge in [-0.25, -0.2) is 22.7 Å². The number of carbonyl (C=O) groups is 1. The molecule has 0 fully saturated rings. The Morgan fingerprint density at radius 1 is 1.26 bits per heavy atom. The number of primary sulfonamides is 1. The van der Waals surface area contributed by atoms with Crippen LogP contribution in [0.1, 0.15) is 15.9 Å². The second-order valence-electron chi connectivity index (χ2n) is 4.98. The van der Waals surface area contributed by atoms with Gasteiger partial charge in [-0.2, -0.15) is 0 Å². The summed E-state index contributed by atoms with van der Waals surface area (Å²) in [5.41, 5.74) is 0.422. The van der Waals surface area contributed by atoms with Gasteiger partial charge in [0.25, 0.3) is 0 Å². The molecule has 23 heavy (non-hydrogen) atoms. The molecule has 0 bridgehead atoms. The van der Waals surface area contributed by atoms with Crippen LogP contribution in [-0.4, -0.2) is 26.5 Å². The van der Waals surface area contributed by atoms with E-state index in [1.807, 2.05) is 0 Å². The van der Waals surface area contributed by atoms with E-state index in [4.69, 9.17) is 5.14 Å². The Labute approximate surface area is 133 Å². The summed E-state index contributed by atoms with van der Waals surface area (Å²) < 4.78 is 36.4. The number of nitrogens with zero attached hydrogens (tertiary/aromatic N) is 1. The van der Waals surface area contributed by atoms with Crippen molar-refractivity contribution in [3.8, 4) is 0 Å². The van der Waals surface area contributed by atoms with Crippen LogP contribution in [0.5, 0.6) is 0 Å². The standard InChI is InChI=1S/C15H15FN2O4S/c1-18(9-10-4-2-3-5-13(10)16)14-7-6-11(23(17,21)22)8-12(14)15(19)20/h2-8H,9H2,1H3,(H,19,20)(H2,17,21,22). The Balaban J connectivity index is 2.42. The Bertz CT molecular complexity index is 852. The third-order valence-electron chi connectivity index (χ3n) is 3.30. The van der Waals surface area contributed by atoms with Crippen molar-refractivity contribution in [1.29, 1.82) is 0 Å². The van der Waals surface area contributed by atoms with Crippen LogP contribution in [0.3, 0.4) is 0 Å². The SMILES string of the molecule is CN(Cc1ccccc1F)c1ccc(S(N)(=O)=O)cc1C(=O)O. The molecule has 0 radical (unpaired) electrons. The third kappa shape index (κ3) is 3.85. The fraction of sp³-hybridized carbons (Fsp3) is 0.133. The van der Waals surface area contributed by atoms with Gasteiger partial charge in [0.15, 0.2) is 0 Å². The summed E-state index contributed by atoms with van der Waals surface area (Å²) >= 11 is 0. The topological polar surface area (TPSA) is 101 Å². The molecular formula is C15H15FN2O4S. The fourth-order valence-electron chi connectivity index (χ4n) is 2.16. The van der Waals surface area contributed by atoms with Crippen LogP contribution < -0.4 is 10.0 Å². The normalized spacial score (nSPS) is 11.3. The van der Waals surface area contributed by atoms with Gasteiger partial charge in [0.1, 0.15) is 5.82 Å². The summed E-state index contributed by atoms with van der Waals surface area (Å²) in [6.45, 7) is 0.127. The molecule has 2 aromatic carbocycles. The summed E-state index contributed by atoms with van der Waals surface area (Å²) in [5.74, 6) is -1.71. The molecule has 2 aromatic rings. The van der Waals surface area contributed by atoms with Crippen LogP contribution in [0, 0.1) is 5.82 Å². The maximum atomic E-state index is 13.7. The molecule has 8 heteroatoms. The van der Waals surface area contributed by atoms with Crippen molar-refractivity contribution >= 4 is 21.7 Å². The van der Waals surface area contributed by atoms with Crippen molar-refractivity contribution in [2.24, 2.45) is 5.14 Å². The number of sulfonamides is 1. The minimum Gasteiger partial charge on any atom is -0.478 e. The molecule has 122 valence electrons. The van der Waals surface area contributed by atoms with Gasteiger partial charge in [0, 0.05) is 19.2 Å². The number of carboxylic acid groups (broad SMARTS) is 1. The maximum absolute atomic E-state index is 13.7. The van der Waals surface area contributed by atoms with Crippen LogP contribution in [0.2, 0.25) is 0 Å². The average Bonchev–Trinajstić information content (AvgIpc) is 2.48. The largest absolute Gasteiger partial charge is 0.478 e. The van der Waals surface area contributed by atoms with Crippen LogP contribution in [0.4, 0.5) is 10.1 Å². The summed E-state index contributed by atoms with van der Waals surface area (Å²) in [6, 6.07) is 9.68. The van der Waals surface area contributed by atoms with Gasteiger partial charge in [-0.15, -0.1) is 0 Å². The lowest BCUT2D eigenvalue weighted by Crippen LogP contribution is -2.21. The van der Waals surface area contributed by atoms with Gasteiger partial charge in [-0.1, -0.05) is 18.2 Å². The van der Waals surface area contributed by atoms with Crippen molar-refractivity contribution in [2.45, 2.75) is 11.4 Å². The monoisotopic (exact) mass is 338 g/mol. The number of hydrogen-bond donors (Lipinski definition) is 2. The molecule has 3 N–H and O–H groups in total. The number of benzene rings is 2. The smallest absolute Gasteiger partial charge is 0.337 e. The van der Waals surface area contributed by atoms with Crippen molar-refractivity contribution in [1.82, 2.24) is 0 Å². The van der Waals surface area contributed by atoms with Gasteiger partial charge in [0.2, 0.25) is 10.0 Å². The van der Waals surface area contributed by atoms with Gasteiger partial charge < -0.3 is 10.0 Å². The summed E-state index contributed by atoms with van der Waals surface area (Å²) in [5, 5.41) is 14.3. The molecule has 0 heterocycles. The van der Waals surface area contributed by atoms with Gasteiger partial charge in [-0.3, -0.25) is 0 Å². The Morgan fingerprint density at radius 3 is 2.48 bits per heavy atom. The third-order valence-corrected chi connectivity index (χ3v) is 4.21. The van der Waals surface area contributed by atoms with Crippen molar-refractivity contribution in [3.63, 3.8) is 0 Å². The highest BCUT2D eigenvalue weighted by molar-refractivity contribution is 7.89. The van der Waals surface area contributed by atoms with Crippen molar-refractivity contribution in [2.75, 3.05) is 11.9 Å². The van der Waals surface area contributed by atoms with Crippen LogP contribution in [0.25, 0.3) is 0 Å². The Morgan fingerprint density at radius 2 is 1.91 bits per heavy atom. The van der Waals surface area contributed by atoms with Crippen LogP contribution in [-0.2, 0) is 16.6 Å². The highest BCUT2D eigenvalue weighted by atomic mass is 32.2. The van der Waals surface area contributed by atoms with E-state index in [1.165, 1.54) is 23.1 Å². The first-order valence-electron chi connectivity index (χ1n) is 6.55. The molecule has 0 atom stereocenters. The molecule has 0 aliphatic carbocycles.